The summed E-state index contributed by atoms with van der Waals surface area (Å²) in [7, 11) is 0. The number of aliphatic imine (C=N–C) groups is 2. The molecule has 9 heteroatoms. The van der Waals surface area contributed by atoms with Gasteiger partial charge in [-0.25, -0.2) is 4.99 Å². The number of nitrogens with zero attached hydrogens (tertiary/aromatic N) is 5. The van der Waals surface area contributed by atoms with Gasteiger partial charge in [-0.1, -0.05) is 61.5 Å². The van der Waals surface area contributed by atoms with E-state index < -0.39 is 5.92 Å². The largest absolute Gasteiger partial charge is 0.486 e. The Morgan fingerprint density at radius 1 is 1.19 bits per heavy atom. The first-order chi connectivity index (χ1) is 15.5. The smallest absolute Gasteiger partial charge is 0.260 e. The molecule has 166 valence electrons. The van der Waals surface area contributed by atoms with E-state index in [4.69, 9.17) is 16.3 Å². The van der Waals surface area contributed by atoms with E-state index in [1.54, 1.807) is 18.2 Å². The fraction of sp³-hybridized carbons (Fsp3) is 0.348. The van der Waals surface area contributed by atoms with Crippen molar-refractivity contribution in [1.29, 1.82) is 0 Å². The summed E-state index contributed by atoms with van der Waals surface area (Å²) >= 11 is 7.53. The van der Waals surface area contributed by atoms with Gasteiger partial charge in [-0.2, -0.15) is 4.99 Å². The van der Waals surface area contributed by atoms with E-state index in [0.717, 1.165) is 29.7 Å². The van der Waals surface area contributed by atoms with Crippen LogP contribution in [0.15, 0.2) is 68.7 Å². The number of fused-ring (bicyclic) bond motifs is 1. The van der Waals surface area contributed by atoms with Gasteiger partial charge in [0.25, 0.3) is 5.91 Å². The van der Waals surface area contributed by atoms with Crippen LogP contribution in [0, 0.1) is 11.8 Å². The van der Waals surface area contributed by atoms with Gasteiger partial charge in [0, 0.05) is 11.6 Å². The number of carbonyl (C=O) groups is 1. The van der Waals surface area contributed by atoms with Gasteiger partial charge in [0.15, 0.2) is 11.0 Å². The van der Waals surface area contributed by atoms with Gasteiger partial charge in [0.05, 0.1) is 11.5 Å². The lowest BCUT2D eigenvalue weighted by atomic mass is 9.96. The maximum atomic E-state index is 12.4. The van der Waals surface area contributed by atoms with Crippen molar-refractivity contribution < 1.29 is 9.53 Å². The topological polar surface area (TPSA) is 81.7 Å². The molecular weight excluding hydrogens is 446 g/mol. The highest BCUT2D eigenvalue weighted by Crippen LogP contribution is 2.24. The number of amidine groups is 1. The normalized spacial score (nSPS) is 17.7. The van der Waals surface area contributed by atoms with Crippen LogP contribution in [0.25, 0.3) is 0 Å². The average Bonchev–Trinajstić information content (AvgIpc) is 3.17. The van der Waals surface area contributed by atoms with Crippen LogP contribution in [0.3, 0.4) is 0 Å². The number of hydrogen-bond donors (Lipinski definition) is 0. The van der Waals surface area contributed by atoms with Crippen LogP contribution < -0.4 is 4.74 Å². The summed E-state index contributed by atoms with van der Waals surface area (Å²) < 4.78 is 7.96. The predicted octanol–water partition coefficient (Wildman–Crippen LogP) is 4.68. The zero-order valence-corrected chi connectivity index (χ0v) is 19.5. The molecule has 0 saturated carbocycles. The number of rotatable bonds is 9. The Morgan fingerprint density at radius 2 is 2.00 bits per heavy atom. The standard InChI is InChI=1S/C23H24ClN5O2S/c1-15(2)10-11-29-21(13-31-17-6-4-3-5-7-17)27-28-23(29)32-14-20-25-19-12-16(24)8-9-18(19)22(30)26-20/h3-9,12,15,18H,10-11,13-14H2,1-2H3. The van der Waals surface area contributed by atoms with E-state index in [0.29, 0.717) is 34.9 Å². The second-order valence-electron chi connectivity index (χ2n) is 7.89. The molecule has 7 nitrogen and oxygen atoms in total. The SMILES string of the molecule is CC(C)CCn1c(COc2ccccc2)nnc1SCC1=NC(=O)C2C=CC(Cl)=CC2=N1. The third-order valence-electron chi connectivity index (χ3n) is 4.98. The molecule has 1 aliphatic carbocycles. The van der Waals surface area contributed by atoms with Gasteiger partial charge >= 0.3 is 0 Å². The third kappa shape index (κ3) is 5.55. The van der Waals surface area contributed by atoms with E-state index in [1.165, 1.54) is 11.8 Å². The minimum absolute atomic E-state index is 0.222. The zero-order valence-electron chi connectivity index (χ0n) is 17.9. The molecular formula is C23H24ClN5O2S. The molecule has 0 bridgehead atoms. The van der Waals surface area contributed by atoms with Crippen LogP contribution in [0.5, 0.6) is 5.75 Å². The quantitative estimate of drug-likeness (QED) is 0.498. The number of thioether (sulfide) groups is 1. The van der Waals surface area contributed by atoms with Gasteiger partial charge in [-0.15, -0.1) is 10.2 Å². The number of para-hydroxylation sites is 1. The minimum Gasteiger partial charge on any atom is -0.486 e. The number of hydrogen-bond acceptors (Lipinski definition) is 6. The molecule has 1 atom stereocenters. The summed E-state index contributed by atoms with van der Waals surface area (Å²) in [5.41, 5.74) is 0.631. The fourth-order valence-corrected chi connectivity index (χ4v) is 4.27. The van der Waals surface area contributed by atoms with Crippen molar-refractivity contribution in [2.45, 2.75) is 38.6 Å². The number of aromatic nitrogens is 3. The van der Waals surface area contributed by atoms with Crippen molar-refractivity contribution in [1.82, 2.24) is 14.8 Å². The van der Waals surface area contributed by atoms with Gasteiger partial charge in [-0.3, -0.25) is 4.79 Å². The lowest BCUT2D eigenvalue weighted by molar-refractivity contribution is -0.118. The molecule has 1 aliphatic heterocycles. The zero-order chi connectivity index (χ0) is 22.5. The number of amides is 1. The first-order valence-electron chi connectivity index (χ1n) is 10.5. The van der Waals surface area contributed by atoms with Gasteiger partial charge < -0.3 is 9.30 Å². The molecule has 1 aromatic heterocycles. The number of allylic oxidation sites excluding steroid dienone is 3. The second-order valence-corrected chi connectivity index (χ2v) is 9.27. The summed E-state index contributed by atoms with van der Waals surface area (Å²) in [6.45, 7) is 5.48. The molecule has 1 unspecified atom stereocenters. The Balaban J connectivity index is 1.47. The molecule has 32 heavy (non-hydrogen) atoms. The molecule has 2 aromatic rings. The van der Waals surface area contributed by atoms with Crippen molar-refractivity contribution in [2.75, 3.05) is 5.75 Å². The maximum absolute atomic E-state index is 12.4. The van der Waals surface area contributed by atoms with Crippen molar-refractivity contribution >= 4 is 40.8 Å². The molecule has 1 aromatic carbocycles. The lowest BCUT2D eigenvalue weighted by Gasteiger charge is -2.18. The summed E-state index contributed by atoms with van der Waals surface area (Å²) in [6.07, 6.45) is 6.14. The molecule has 0 N–H and O–H groups in total. The highest BCUT2D eigenvalue weighted by atomic mass is 35.5. The maximum Gasteiger partial charge on any atom is 0.260 e. The Kier molecular flexibility index (Phi) is 7.22. The first kappa shape index (κ1) is 22.5. The van der Waals surface area contributed by atoms with Crippen LogP contribution in [0.2, 0.25) is 0 Å². The second kappa shape index (κ2) is 10.3. The summed E-state index contributed by atoms with van der Waals surface area (Å²) in [6, 6.07) is 9.64. The summed E-state index contributed by atoms with van der Waals surface area (Å²) in [5.74, 6) is 2.30. The molecule has 0 spiro atoms. The number of carbonyl (C=O) groups excluding carboxylic acids is 1. The Morgan fingerprint density at radius 3 is 2.78 bits per heavy atom. The Labute approximate surface area is 196 Å². The van der Waals surface area contributed by atoms with E-state index in [-0.39, 0.29) is 5.91 Å². The first-order valence-corrected chi connectivity index (χ1v) is 11.8. The molecule has 4 rings (SSSR count). The predicted molar refractivity (Wildman–Crippen MR) is 127 cm³/mol. The summed E-state index contributed by atoms with van der Waals surface area (Å²) in [4.78, 5) is 21.1. The number of benzene rings is 1. The fourth-order valence-electron chi connectivity index (χ4n) is 3.25. The van der Waals surface area contributed by atoms with Gasteiger partial charge in [0.1, 0.15) is 24.1 Å². The Bertz CT molecular complexity index is 1100. The highest BCUT2D eigenvalue weighted by Gasteiger charge is 2.27. The van der Waals surface area contributed by atoms with E-state index in [2.05, 4.69) is 38.6 Å². The van der Waals surface area contributed by atoms with Crippen LogP contribution >= 0.6 is 23.4 Å². The molecule has 0 saturated heterocycles. The van der Waals surface area contributed by atoms with Crippen molar-refractivity contribution in [3.8, 4) is 5.75 Å². The average molecular weight is 470 g/mol. The molecule has 2 aliphatic rings. The molecule has 0 fully saturated rings. The van der Waals surface area contributed by atoms with Crippen molar-refractivity contribution in [3.05, 3.63) is 59.4 Å². The number of halogens is 1. The van der Waals surface area contributed by atoms with Gasteiger partial charge in [-0.05, 0) is 36.6 Å². The molecule has 0 radical (unpaired) electrons. The monoisotopic (exact) mass is 469 g/mol. The van der Waals surface area contributed by atoms with Crippen LogP contribution in [0.1, 0.15) is 26.1 Å². The lowest BCUT2D eigenvalue weighted by Crippen LogP contribution is -2.28. The molecule has 2 heterocycles. The Hall–Kier alpha value is -2.71. The summed E-state index contributed by atoms with van der Waals surface area (Å²) in [5, 5.41) is 10.0. The molecule has 1 amide bonds. The van der Waals surface area contributed by atoms with E-state index in [9.17, 15) is 4.79 Å². The van der Waals surface area contributed by atoms with Crippen molar-refractivity contribution in [3.63, 3.8) is 0 Å². The highest BCUT2D eigenvalue weighted by molar-refractivity contribution is 7.99. The minimum atomic E-state index is -0.442. The van der Waals surface area contributed by atoms with E-state index >= 15 is 0 Å². The van der Waals surface area contributed by atoms with Crippen LogP contribution in [-0.2, 0) is 17.9 Å². The van der Waals surface area contributed by atoms with Crippen LogP contribution in [-0.4, -0.2) is 38.0 Å². The third-order valence-corrected chi connectivity index (χ3v) is 6.18. The van der Waals surface area contributed by atoms with Gasteiger partial charge in [0.2, 0.25) is 0 Å². The van der Waals surface area contributed by atoms with Crippen LogP contribution in [0.4, 0.5) is 0 Å². The van der Waals surface area contributed by atoms with E-state index in [1.807, 2.05) is 30.3 Å². The number of ether oxygens (including phenoxy) is 1. The van der Waals surface area contributed by atoms with Crippen molar-refractivity contribution in [2.24, 2.45) is 21.8 Å².